The lowest BCUT2D eigenvalue weighted by Crippen LogP contribution is -2.50. The van der Waals surface area contributed by atoms with Crippen LogP contribution in [0, 0.1) is 53.7 Å². The van der Waals surface area contributed by atoms with Gasteiger partial charge in [-0.1, -0.05) is 28.7 Å². The van der Waals surface area contributed by atoms with Gasteiger partial charge in [0.15, 0.2) is 40.7 Å². The van der Waals surface area contributed by atoms with Crippen molar-refractivity contribution in [1.29, 1.82) is 0 Å². The summed E-state index contributed by atoms with van der Waals surface area (Å²) in [6, 6.07) is 3.03. The van der Waals surface area contributed by atoms with Crippen molar-refractivity contribution < 1.29 is 31.1 Å². The third kappa shape index (κ3) is 7.74. The second-order valence-electron chi connectivity index (χ2n) is 11.6. The van der Waals surface area contributed by atoms with Gasteiger partial charge in [-0.05, 0) is 67.0 Å². The van der Waals surface area contributed by atoms with Crippen molar-refractivity contribution >= 4 is 30.9 Å². The molecule has 1 N–H and O–H groups in total. The number of carbonyl (C=O) groups is 1. The van der Waals surface area contributed by atoms with E-state index < -0.39 is 34.9 Å². The summed E-state index contributed by atoms with van der Waals surface area (Å²) in [7, 11) is 1.83. The number of amides is 1. The first kappa shape index (κ1) is 37.9. The number of hydrogen-bond acceptors (Lipinski definition) is 5. The topological polar surface area (TPSA) is 61.4 Å². The number of fused-ring (bicyclic) bond motifs is 1. The highest BCUT2D eigenvalue weighted by Crippen LogP contribution is 2.38. The molecule has 6 nitrogen and oxygen atoms in total. The molecule has 0 radical (unpaired) electrons. The molecular formula is C32H41F6N5OS. The van der Waals surface area contributed by atoms with Crippen LogP contribution in [-0.4, -0.2) is 39.9 Å². The fraction of sp³-hybridized carbons (Fsp3) is 0.469. The van der Waals surface area contributed by atoms with E-state index in [0.717, 1.165) is 24.3 Å². The van der Waals surface area contributed by atoms with E-state index in [1.807, 2.05) is 25.8 Å². The molecule has 1 saturated carbocycles. The smallest absolute Gasteiger partial charge is 0.247 e. The van der Waals surface area contributed by atoms with E-state index in [1.165, 1.54) is 0 Å². The molecular weight excluding hydrogens is 616 g/mol. The summed E-state index contributed by atoms with van der Waals surface area (Å²) in [5, 5.41) is 2.92. The highest BCUT2D eigenvalue weighted by molar-refractivity contribution is 7.59. The van der Waals surface area contributed by atoms with Crippen molar-refractivity contribution in [2.45, 2.75) is 80.1 Å². The van der Waals surface area contributed by atoms with Gasteiger partial charge in [0.05, 0.1) is 5.69 Å². The summed E-state index contributed by atoms with van der Waals surface area (Å²) >= 11 is 0. The van der Waals surface area contributed by atoms with Gasteiger partial charge in [-0.25, -0.2) is 36.3 Å². The number of likely N-dealkylation sites (N-methyl/N-ethyl adjacent to an activating group) is 1. The maximum absolute atomic E-state index is 13.9. The lowest BCUT2D eigenvalue weighted by atomic mass is 9.76. The third-order valence-electron chi connectivity index (χ3n) is 8.07. The van der Waals surface area contributed by atoms with Crippen molar-refractivity contribution in [1.82, 2.24) is 14.9 Å². The molecule has 1 aromatic heterocycles. The van der Waals surface area contributed by atoms with Gasteiger partial charge in [0.25, 0.3) is 0 Å². The molecule has 0 unspecified atom stereocenters. The summed E-state index contributed by atoms with van der Waals surface area (Å²) in [6.07, 6.45) is 1.78. The van der Waals surface area contributed by atoms with Crippen molar-refractivity contribution in [3.05, 3.63) is 81.8 Å². The Hall–Kier alpha value is -3.32. The molecule has 1 atom stereocenters. The van der Waals surface area contributed by atoms with Gasteiger partial charge in [-0.2, -0.15) is 13.5 Å². The van der Waals surface area contributed by atoms with Crippen molar-refractivity contribution in [3.8, 4) is 0 Å². The molecule has 45 heavy (non-hydrogen) atoms. The van der Waals surface area contributed by atoms with Crippen LogP contribution in [0.2, 0.25) is 0 Å². The molecule has 2 aliphatic rings. The van der Waals surface area contributed by atoms with Crippen LogP contribution in [-0.2, 0) is 24.3 Å². The van der Waals surface area contributed by atoms with E-state index in [4.69, 9.17) is 4.98 Å². The van der Waals surface area contributed by atoms with E-state index in [1.54, 1.807) is 11.8 Å². The number of nitrogens with zero attached hydrogens (tertiary/aromatic N) is 4. The zero-order chi connectivity index (χ0) is 30.5. The molecule has 2 aromatic carbocycles. The Morgan fingerprint density at radius 1 is 0.889 bits per heavy atom. The minimum Gasteiger partial charge on any atom is -0.346 e. The van der Waals surface area contributed by atoms with Crippen LogP contribution in [0.1, 0.15) is 64.2 Å². The van der Waals surface area contributed by atoms with Gasteiger partial charge < -0.3 is 10.2 Å². The number of aryl methyl sites for hydroxylation is 1. The summed E-state index contributed by atoms with van der Waals surface area (Å²) in [6.45, 7) is 5.68. The van der Waals surface area contributed by atoms with Crippen LogP contribution in [0.3, 0.4) is 0 Å². The molecule has 1 aliphatic carbocycles. The number of anilines is 2. The highest BCUT2D eigenvalue weighted by Gasteiger charge is 2.37. The second-order valence-corrected chi connectivity index (χ2v) is 11.6. The summed E-state index contributed by atoms with van der Waals surface area (Å²) in [5.74, 6) is -7.16. The first-order valence-electron chi connectivity index (χ1n) is 13.7. The van der Waals surface area contributed by atoms with E-state index >= 15 is 0 Å². The molecule has 248 valence electrons. The largest absolute Gasteiger partial charge is 0.346 e. The fourth-order valence-corrected chi connectivity index (χ4v) is 5.97. The highest BCUT2D eigenvalue weighted by atomic mass is 32.1. The molecule has 13 heteroatoms. The molecule has 0 saturated heterocycles. The van der Waals surface area contributed by atoms with Gasteiger partial charge >= 0.3 is 0 Å². The molecule has 2 heterocycles. The first-order chi connectivity index (χ1) is 19.8. The Morgan fingerprint density at radius 2 is 1.36 bits per heavy atom. The minimum atomic E-state index is -1.58. The van der Waals surface area contributed by atoms with Crippen molar-refractivity contribution in [3.63, 3.8) is 0 Å². The monoisotopic (exact) mass is 657 g/mol. The molecule has 5 rings (SSSR count). The number of aromatic nitrogens is 2. The maximum atomic E-state index is 13.9. The number of hydrogen-bond donors (Lipinski definition) is 1. The fourth-order valence-electron chi connectivity index (χ4n) is 5.97. The summed E-state index contributed by atoms with van der Waals surface area (Å²) in [5.41, 5.74) is 1.53. The standard InChI is InChI=1S/C30H31F6N5O.2CH4.H2S/c1-14(2)28-30(42)39-27-15(3)37-24(38-29(27)40(28)4)11-16-5-19(6-16)41(12-17-7-20(31)25(35)21(32)8-17)13-18-9-22(33)26(36)23(34)10-18;;;/h7-10,14,16,19,28H,5-6,11-13H2,1-4H3,(H,39,42);2*1H4;1H2/t16?,19?,28-;;;/m0.../s1. The van der Waals surface area contributed by atoms with Gasteiger partial charge in [0.1, 0.15) is 17.6 Å². The van der Waals surface area contributed by atoms with E-state index in [2.05, 4.69) is 10.3 Å². The number of nitrogens with one attached hydrogen (secondary N) is 1. The maximum Gasteiger partial charge on any atom is 0.247 e. The van der Waals surface area contributed by atoms with E-state index in [9.17, 15) is 31.1 Å². The molecule has 0 bridgehead atoms. The molecule has 3 aromatic rings. The van der Waals surface area contributed by atoms with Crippen LogP contribution >= 0.6 is 13.5 Å². The van der Waals surface area contributed by atoms with E-state index in [-0.39, 0.29) is 82.4 Å². The minimum absolute atomic E-state index is 0. The molecule has 0 spiro atoms. The van der Waals surface area contributed by atoms with Crippen molar-refractivity contribution in [2.75, 3.05) is 17.3 Å². The molecule has 1 amide bonds. The second kappa shape index (κ2) is 14.8. The lowest BCUT2D eigenvalue weighted by Gasteiger charge is -2.43. The Kier molecular flexibility index (Phi) is 12.5. The average Bonchev–Trinajstić information content (AvgIpc) is 2.88. The Balaban J connectivity index is 0.00000235. The first-order valence-corrected chi connectivity index (χ1v) is 13.7. The quantitative estimate of drug-likeness (QED) is 0.202. The number of carbonyl (C=O) groups excluding carboxylic acids is 1. The van der Waals surface area contributed by atoms with Crippen LogP contribution in [0.25, 0.3) is 0 Å². The third-order valence-corrected chi connectivity index (χ3v) is 8.07. The van der Waals surface area contributed by atoms with E-state index in [0.29, 0.717) is 42.3 Å². The number of halogens is 6. The van der Waals surface area contributed by atoms with Crippen LogP contribution in [0.5, 0.6) is 0 Å². The lowest BCUT2D eigenvalue weighted by molar-refractivity contribution is -0.118. The Morgan fingerprint density at radius 3 is 1.80 bits per heavy atom. The zero-order valence-corrected chi connectivity index (χ0v) is 25.1. The predicted molar refractivity (Wildman–Crippen MR) is 168 cm³/mol. The van der Waals surface area contributed by atoms with Gasteiger partial charge in [0.2, 0.25) is 5.91 Å². The Bertz CT molecular complexity index is 1430. The zero-order valence-electron chi connectivity index (χ0n) is 24.1. The van der Waals surface area contributed by atoms with Gasteiger partial charge in [-0.15, -0.1) is 0 Å². The number of benzene rings is 2. The average molecular weight is 658 g/mol. The van der Waals surface area contributed by atoms with Crippen LogP contribution in [0.15, 0.2) is 24.3 Å². The van der Waals surface area contributed by atoms with Crippen LogP contribution < -0.4 is 10.2 Å². The molecule has 1 aliphatic heterocycles. The SMILES string of the molecule is C.C.Cc1nc(CC2CC(N(Cc3cc(F)c(F)c(F)c3)Cc3cc(F)c(F)c(F)c3)C2)nc2c1NC(=O)[C@H](C(C)C)N2C.S. The van der Waals surface area contributed by atoms with Gasteiger partial charge in [-0.3, -0.25) is 9.69 Å². The molecule has 1 fully saturated rings. The van der Waals surface area contributed by atoms with Crippen LogP contribution in [0.4, 0.5) is 37.8 Å². The van der Waals surface area contributed by atoms with Gasteiger partial charge in [0, 0.05) is 32.6 Å². The summed E-state index contributed by atoms with van der Waals surface area (Å²) in [4.78, 5) is 25.6. The Labute approximate surface area is 267 Å². The summed E-state index contributed by atoms with van der Waals surface area (Å²) < 4.78 is 82.8. The van der Waals surface area contributed by atoms with Crippen molar-refractivity contribution in [2.24, 2.45) is 11.8 Å². The normalized spacial score (nSPS) is 18.8. The number of rotatable bonds is 8. The predicted octanol–water partition coefficient (Wildman–Crippen LogP) is 7.44.